The number of aromatic amines is 2. The summed E-state index contributed by atoms with van der Waals surface area (Å²) in [5, 5.41) is 6.85. The van der Waals surface area contributed by atoms with Crippen LogP contribution in [0.4, 0.5) is 0 Å². The Labute approximate surface area is 120 Å². The number of nitrogens with zero attached hydrogens (tertiary/aromatic N) is 3. The summed E-state index contributed by atoms with van der Waals surface area (Å²) in [7, 11) is 5.76. The molecule has 0 aliphatic carbocycles. The van der Waals surface area contributed by atoms with Gasteiger partial charge in [0, 0.05) is 20.1 Å². The van der Waals surface area contributed by atoms with Gasteiger partial charge >= 0.3 is 0 Å². The van der Waals surface area contributed by atoms with Crippen LogP contribution in [0.3, 0.4) is 0 Å². The van der Waals surface area contributed by atoms with E-state index in [-0.39, 0.29) is 0 Å². The first-order chi connectivity index (χ1) is 9.10. The highest BCUT2D eigenvalue weighted by atomic mass is 32.1. The van der Waals surface area contributed by atoms with Crippen molar-refractivity contribution in [3.05, 3.63) is 15.5 Å². The Hall–Kier alpha value is -1.09. The number of nitrogens with one attached hydrogen (secondary N) is 2. The van der Waals surface area contributed by atoms with Gasteiger partial charge in [-0.05, 0) is 26.3 Å². The van der Waals surface area contributed by atoms with Gasteiger partial charge in [-0.25, -0.2) is 4.98 Å². The average Bonchev–Trinajstić information content (AvgIpc) is 2.93. The minimum atomic E-state index is 0.446. The Bertz CT molecular complexity index is 586. The van der Waals surface area contributed by atoms with Gasteiger partial charge < -0.3 is 9.64 Å². The van der Waals surface area contributed by atoms with Gasteiger partial charge in [-0.1, -0.05) is 0 Å². The molecule has 8 heteroatoms. The molecule has 0 amide bonds. The number of aromatic nitrogens is 4. The summed E-state index contributed by atoms with van der Waals surface area (Å²) in [6.07, 6.45) is 0.916. The number of hydrogen-bond acceptors (Lipinski definition) is 6. The van der Waals surface area contributed by atoms with Crippen molar-refractivity contribution in [3.63, 3.8) is 0 Å². The number of H-pyrrole nitrogens is 2. The normalized spacial score (nSPS) is 11.4. The molecule has 0 aromatic carbocycles. The second-order valence-electron chi connectivity index (χ2n) is 4.39. The molecule has 0 atom stereocenters. The molecule has 2 aromatic heterocycles. The van der Waals surface area contributed by atoms with E-state index in [0.717, 1.165) is 34.4 Å². The van der Waals surface area contributed by atoms with Gasteiger partial charge in [-0.2, -0.15) is 4.98 Å². The second kappa shape index (κ2) is 6.38. The van der Waals surface area contributed by atoms with E-state index in [1.54, 1.807) is 18.4 Å². The van der Waals surface area contributed by atoms with E-state index in [1.807, 2.05) is 0 Å². The maximum absolute atomic E-state index is 5.19. The van der Waals surface area contributed by atoms with Gasteiger partial charge in [0.1, 0.15) is 0 Å². The van der Waals surface area contributed by atoms with Crippen LogP contribution in [0.2, 0.25) is 0 Å². The Morgan fingerprint density at radius 2 is 2.11 bits per heavy atom. The summed E-state index contributed by atoms with van der Waals surface area (Å²) in [4.78, 5) is 12.0. The second-order valence-corrected chi connectivity index (χ2v) is 5.86. The van der Waals surface area contributed by atoms with Gasteiger partial charge in [0.05, 0.1) is 22.2 Å². The van der Waals surface area contributed by atoms with E-state index < -0.39 is 0 Å². The van der Waals surface area contributed by atoms with E-state index in [1.165, 1.54) is 0 Å². The lowest BCUT2D eigenvalue weighted by molar-refractivity contribution is 0.182. The fraction of sp³-hybridized carbons (Fsp3) is 0.545. The fourth-order valence-corrected chi connectivity index (χ4v) is 2.77. The number of methoxy groups -OCH3 is 1. The lowest BCUT2D eigenvalue weighted by Gasteiger charge is -2.06. The summed E-state index contributed by atoms with van der Waals surface area (Å²) in [5.41, 5.74) is 0.902. The third kappa shape index (κ3) is 3.69. The lowest BCUT2D eigenvalue weighted by atomic mass is 10.3. The number of hydrogen-bond donors (Lipinski definition) is 2. The van der Waals surface area contributed by atoms with Crippen LogP contribution in [-0.4, -0.2) is 52.8 Å². The first kappa shape index (κ1) is 14.3. The molecule has 0 unspecified atom stereocenters. The largest absolute Gasteiger partial charge is 0.378 e. The molecule has 0 bridgehead atoms. The summed E-state index contributed by atoms with van der Waals surface area (Å²) >= 11 is 6.61. The van der Waals surface area contributed by atoms with Crippen LogP contribution in [0.5, 0.6) is 0 Å². The molecule has 104 valence electrons. The highest BCUT2D eigenvalue weighted by molar-refractivity contribution is 7.71. The van der Waals surface area contributed by atoms with Gasteiger partial charge in [-0.3, -0.25) is 10.2 Å². The van der Waals surface area contributed by atoms with E-state index in [4.69, 9.17) is 17.0 Å². The number of ether oxygens (including phenoxy) is 1. The third-order valence-electron chi connectivity index (χ3n) is 2.51. The summed E-state index contributed by atoms with van der Waals surface area (Å²) in [6, 6.07) is 0. The molecule has 0 spiro atoms. The molecule has 0 fully saturated rings. The summed E-state index contributed by atoms with van der Waals surface area (Å²) in [5.74, 6) is 0.727. The van der Waals surface area contributed by atoms with Crippen molar-refractivity contribution in [1.82, 2.24) is 25.1 Å². The Balaban J connectivity index is 2.27. The summed E-state index contributed by atoms with van der Waals surface area (Å²) < 4.78 is 5.64. The molecular formula is C11H17N5OS2. The highest BCUT2D eigenvalue weighted by Gasteiger charge is 2.15. The molecule has 2 aromatic rings. The van der Waals surface area contributed by atoms with E-state index in [2.05, 4.69) is 39.2 Å². The van der Waals surface area contributed by atoms with E-state index in [0.29, 0.717) is 11.4 Å². The van der Waals surface area contributed by atoms with Crippen LogP contribution in [0, 0.1) is 4.77 Å². The monoisotopic (exact) mass is 299 g/mol. The summed E-state index contributed by atoms with van der Waals surface area (Å²) in [6.45, 7) is 1.44. The molecular weight excluding hydrogens is 282 g/mol. The van der Waals surface area contributed by atoms with Crippen molar-refractivity contribution >= 4 is 23.6 Å². The zero-order chi connectivity index (χ0) is 13.8. The van der Waals surface area contributed by atoms with Crippen molar-refractivity contribution in [2.75, 3.05) is 27.7 Å². The Morgan fingerprint density at radius 3 is 2.68 bits per heavy atom. The average molecular weight is 299 g/mol. The predicted octanol–water partition coefficient (Wildman–Crippen LogP) is 1.84. The molecule has 0 aliphatic heterocycles. The van der Waals surface area contributed by atoms with Gasteiger partial charge in [-0.15, -0.1) is 11.3 Å². The van der Waals surface area contributed by atoms with Crippen molar-refractivity contribution in [3.8, 4) is 10.7 Å². The standard InChI is InChI=1S/C11H17N5OS2/c1-16(2)5-4-8-12-7(6-17-3)9(19-8)10-13-11(18)15-14-10/h4-6H2,1-3H3,(H2,13,14,15,18). The minimum absolute atomic E-state index is 0.446. The third-order valence-corrected chi connectivity index (χ3v) is 3.87. The van der Waals surface area contributed by atoms with Crippen LogP contribution in [0.25, 0.3) is 10.7 Å². The van der Waals surface area contributed by atoms with Crippen molar-refractivity contribution in [1.29, 1.82) is 0 Å². The van der Waals surface area contributed by atoms with Gasteiger partial charge in [0.2, 0.25) is 4.77 Å². The number of likely N-dealkylation sites (N-methyl/N-ethyl adjacent to an activating group) is 1. The van der Waals surface area contributed by atoms with Gasteiger partial charge in [0.25, 0.3) is 0 Å². The quantitative estimate of drug-likeness (QED) is 0.797. The van der Waals surface area contributed by atoms with Crippen LogP contribution in [0.1, 0.15) is 10.7 Å². The van der Waals surface area contributed by atoms with Crippen LogP contribution >= 0.6 is 23.6 Å². The topological polar surface area (TPSA) is 69.8 Å². The maximum Gasteiger partial charge on any atom is 0.213 e. The molecule has 0 aliphatic rings. The van der Waals surface area contributed by atoms with Crippen LogP contribution in [-0.2, 0) is 17.8 Å². The Morgan fingerprint density at radius 1 is 1.32 bits per heavy atom. The fourth-order valence-electron chi connectivity index (χ4n) is 1.62. The molecule has 0 saturated heterocycles. The first-order valence-electron chi connectivity index (χ1n) is 5.87. The maximum atomic E-state index is 5.19. The van der Waals surface area contributed by atoms with Crippen molar-refractivity contribution in [2.24, 2.45) is 0 Å². The van der Waals surface area contributed by atoms with E-state index in [9.17, 15) is 0 Å². The lowest BCUT2D eigenvalue weighted by Crippen LogP contribution is -2.14. The molecule has 6 nitrogen and oxygen atoms in total. The first-order valence-corrected chi connectivity index (χ1v) is 7.10. The Kier molecular flexibility index (Phi) is 4.81. The van der Waals surface area contributed by atoms with E-state index >= 15 is 0 Å². The molecule has 2 rings (SSSR count). The number of rotatable bonds is 6. The van der Waals surface area contributed by atoms with Crippen molar-refractivity contribution in [2.45, 2.75) is 13.0 Å². The SMILES string of the molecule is COCc1nc(CCN(C)C)sc1-c1nc(=S)[nH][nH]1. The predicted molar refractivity (Wildman–Crippen MR) is 77.9 cm³/mol. The van der Waals surface area contributed by atoms with Gasteiger partial charge in [0.15, 0.2) is 5.82 Å². The smallest absolute Gasteiger partial charge is 0.213 e. The zero-order valence-corrected chi connectivity index (χ0v) is 12.8. The van der Waals surface area contributed by atoms with Crippen molar-refractivity contribution < 1.29 is 4.74 Å². The molecule has 0 radical (unpaired) electrons. The highest BCUT2D eigenvalue weighted by Crippen LogP contribution is 2.28. The number of thiazole rings is 1. The molecule has 0 saturated carbocycles. The van der Waals surface area contributed by atoms with Crippen LogP contribution in [0.15, 0.2) is 0 Å². The molecule has 2 N–H and O–H groups in total. The molecule has 2 heterocycles. The zero-order valence-electron chi connectivity index (χ0n) is 11.2. The molecule has 19 heavy (non-hydrogen) atoms. The van der Waals surface area contributed by atoms with Crippen LogP contribution < -0.4 is 0 Å². The minimum Gasteiger partial charge on any atom is -0.378 e.